The Bertz CT molecular complexity index is 716. The van der Waals surface area contributed by atoms with Gasteiger partial charge in [0.25, 0.3) is 0 Å². The molecule has 1 saturated heterocycles. The minimum Gasteiger partial charge on any atom is -0.314 e. The second kappa shape index (κ2) is 7.05. The third-order valence-electron chi connectivity index (χ3n) is 3.46. The molecule has 0 saturated carbocycles. The second-order valence-corrected chi connectivity index (χ2v) is 6.88. The summed E-state index contributed by atoms with van der Waals surface area (Å²) in [6.45, 7) is 2.87. The predicted molar refractivity (Wildman–Crippen MR) is 79.6 cm³/mol. The maximum Gasteiger partial charge on any atom is 0.417 e. The van der Waals surface area contributed by atoms with Crippen molar-refractivity contribution in [3.05, 3.63) is 29.3 Å². The number of halogens is 4. The molecule has 1 fully saturated rings. The van der Waals surface area contributed by atoms with Crippen molar-refractivity contribution in [3.63, 3.8) is 0 Å². The van der Waals surface area contributed by atoms with E-state index in [1.165, 1.54) is 10.4 Å². The van der Waals surface area contributed by atoms with Crippen LogP contribution in [0.15, 0.2) is 23.1 Å². The van der Waals surface area contributed by atoms with Gasteiger partial charge in [-0.05, 0) is 25.1 Å². The molecule has 23 heavy (non-hydrogen) atoms. The van der Waals surface area contributed by atoms with Crippen molar-refractivity contribution in [3.8, 4) is 6.07 Å². The SMILES string of the molecule is C[C@H]1CNCCN1S(=O)(=O)c1ccc(C(F)(F)F)c(C#N)c1.Cl. The topological polar surface area (TPSA) is 73.2 Å². The van der Waals surface area contributed by atoms with Crippen LogP contribution in [-0.2, 0) is 16.2 Å². The van der Waals surface area contributed by atoms with Crippen LogP contribution in [0.4, 0.5) is 13.2 Å². The van der Waals surface area contributed by atoms with Crippen LogP contribution in [0.1, 0.15) is 18.1 Å². The molecule has 1 aromatic rings. The largest absolute Gasteiger partial charge is 0.417 e. The van der Waals surface area contributed by atoms with Crippen LogP contribution in [0, 0.1) is 11.3 Å². The molecule has 1 aliphatic rings. The van der Waals surface area contributed by atoms with Gasteiger partial charge in [-0.1, -0.05) is 0 Å². The fourth-order valence-corrected chi connectivity index (χ4v) is 4.00. The maximum atomic E-state index is 12.8. The highest BCUT2D eigenvalue weighted by atomic mass is 35.5. The van der Waals surface area contributed by atoms with Gasteiger partial charge in [0, 0.05) is 25.7 Å². The minimum atomic E-state index is -4.70. The van der Waals surface area contributed by atoms with Gasteiger partial charge in [-0.3, -0.25) is 0 Å². The average Bonchev–Trinajstić information content (AvgIpc) is 2.45. The van der Waals surface area contributed by atoms with Crippen molar-refractivity contribution in [2.75, 3.05) is 19.6 Å². The first kappa shape index (κ1) is 19.7. The van der Waals surface area contributed by atoms with Crippen LogP contribution in [0.5, 0.6) is 0 Å². The summed E-state index contributed by atoms with van der Waals surface area (Å²) in [6, 6.07) is 3.42. The third-order valence-corrected chi connectivity index (χ3v) is 5.47. The molecule has 0 aliphatic carbocycles. The lowest BCUT2D eigenvalue weighted by molar-refractivity contribution is -0.137. The van der Waals surface area contributed by atoms with E-state index in [2.05, 4.69) is 5.32 Å². The zero-order valence-corrected chi connectivity index (χ0v) is 13.7. The molecular weight excluding hydrogens is 355 g/mol. The zero-order valence-electron chi connectivity index (χ0n) is 12.1. The standard InChI is InChI=1S/C13H14F3N3O2S.ClH/c1-9-8-18-4-5-19(9)22(20,21)11-2-3-12(13(14,15)16)10(6-11)7-17;/h2-3,6,9,18H,4-5,8H2,1H3;1H/t9-;/m0./s1. The summed E-state index contributed by atoms with van der Waals surface area (Å²) in [5.41, 5.74) is -1.83. The fourth-order valence-electron chi connectivity index (χ4n) is 2.34. The van der Waals surface area contributed by atoms with Crippen molar-refractivity contribution in [1.82, 2.24) is 9.62 Å². The maximum absolute atomic E-state index is 12.8. The molecule has 1 atom stereocenters. The molecule has 0 unspecified atom stereocenters. The number of nitrogens with zero attached hydrogens (tertiary/aromatic N) is 2. The van der Waals surface area contributed by atoms with Crippen molar-refractivity contribution >= 4 is 22.4 Å². The Morgan fingerprint density at radius 1 is 1.39 bits per heavy atom. The number of nitriles is 1. The lowest BCUT2D eigenvalue weighted by Crippen LogP contribution is -2.52. The molecule has 5 nitrogen and oxygen atoms in total. The first-order valence-corrected chi connectivity index (χ1v) is 7.96. The number of piperazine rings is 1. The lowest BCUT2D eigenvalue weighted by Gasteiger charge is -2.32. The molecule has 1 N–H and O–H groups in total. The molecular formula is C13H15ClF3N3O2S. The van der Waals surface area contributed by atoms with Crippen molar-refractivity contribution in [1.29, 1.82) is 5.26 Å². The quantitative estimate of drug-likeness (QED) is 0.865. The Balaban J connectivity index is 0.00000264. The van der Waals surface area contributed by atoms with E-state index >= 15 is 0 Å². The van der Waals surface area contributed by atoms with Crippen LogP contribution in [0.3, 0.4) is 0 Å². The second-order valence-electron chi connectivity index (χ2n) is 4.99. The number of hydrogen-bond acceptors (Lipinski definition) is 4. The van der Waals surface area contributed by atoms with E-state index in [4.69, 9.17) is 5.26 Å². The van der Waals surface area contributed by atoms with Crippen molar-refractivity contribution in [2.24, 2.45) is 0 Å². The molecule has 1 aliphatic heterocycles. The highest BCUT2D eigenvalue weighted by Crippen LogP contribution is 2.33. The van der Waals surface area contributed by atoms with E-state index in [9.17, 15) is 21.6 Å². The molecule has 128 valence electrons. The van der Waals surface area contributed by atoms with E-state index in [0.717, 1.165) is 12.1 Å². The van der Waals surface area contributed by atoms with Gasteiger partial charge in [0.15, 0.2) is 0 Å². The number of nitrogens with one attached hydrogen (secondary N) is 1. The summed E-state index contributed by atoms with van der Waals surface area (Å²) < 4.78 is 64.6. The van der Waals surface area contributed by atoms with Gasteiger partial charge in [-0.25, -0.2) is 8.42 Å². The third kappa shape index (κ3) is 3.95. The number of hydrogen-bond donors (Lipinski definition) is 1. The summed E-state index contributed by atoms with van der Waals surface area (Å²) in [5, 5.41) is 11.9. The molecule has 1 aromatic carbocycles. The molecule has 0 amide bonds. The molecule has 0 radical (unpaired) electrons. The minimum absolute atomic E-state index is 0. The van der Waals surface area contributed by atoms with E-state index in [0.29, 0.717) is 19.2 Å². The van der Waals surface area contributed by atoms with Gasteiger partial charge in [-0.15, -0.1) is 12.4 Å². The Labute approximate surface area is 138 Å². The van der Waals surface area contributed by atoms with Gasteiger partial charge in [-0.2, -0.15) is 22.7 Å². The summed E-state index contributed by atoms with van der Waals surface area (Å²) in [6.07, 6.45) is -4.70. The Kier molecular flexibility index (Phi) is 6.04. The fraction of sp³-hybridized carbons (Fsp3) is 0.462. The molecule has 0 aromatic heterocycles. The normalized spacial score (nSPS) is 19.7. The van der Waals surface area contributed by atoms with Gasteiger partial charge in [0.2, 0.25) is 10.0 Å². The summed E-state index contributed by atoms with van der Waals surface area (Å²) in [5.74, 6) is 0. The van der Waals surface area contributed by atoms with Gasteiger partial charge in [0.05, 0.1) is 22.1 Å². The average molecular weight is 370 g/mol. The number of alkyl halides is 3. The molecule has 0 bridgehead atoms. The summed E-state index contributed by atoms with van der Waals surface area (Å²) in [4.78, 5) is -0.300. The van der Waals surface area contributed by atoms with E-state index in [1.807, 2.05) is 0 Å². The van der Waals surface area contributed by atoms with Crippen LogP contribution in [0.2, 0.25) is 0 Å². The van der Waals surface area contributed by atoms with E-state index in [-0.39, 0.29) is 29.9 Å². The van der Waals surface area contributed by atoms with Crippen LogP contribution >= 0.6 is 12.4 Å². The number of rotatable bonds is 2. The highest BCUT2D eigenvalue weighted by molar-refractivity contribution is 7.89. The number of benzene rings is 1. The van der Waals surface area contributed by atoms with E-state index in [1.54, 1.807) is 6.92 Å². The number of sulfonamides is 1. The van der Waals surface area contributed by atoms with Gasteiger partial charge in [0.1, 0.15) is 0 Å². The lowest BCUT2D eigenvalue weighted by atomic mass is 10.1. The zero-order chi connectivity index (χ0) is 16.5. The Morgan fingerprint density at radius 3 is 2.57 bits per heavy atom. The summed E-state index contributed by atoms with van der Waals surface area (Å²) >= 11 is 0. The van der Waals surface area contributed by atoms with Crippen LogP contribution in [0.25, 0.3) is 0 Å². The molecule has 1 heterocycles. The Morgan fingerprint density at radius 2 is 2.04 bits per heavy atom. The molecule has 10 heteroatoms. The Hall–Kier alpha value is -1.34. The first-order valence-electron chi connectivity index (χ1n) is 6.52. The van der Waals surface area contributed by atoms with E-state index < -0.39 is 27.3 Å². The molecule has 0 spiro atoms. The summed E-state index contributed by atoms with van der Waals surface area (Å²) in [7, 11) is -3.93. The predicted octanol–water partition coefficient (Wildman–Crippen LogP) is 1.98. The highest BCUT2D eigenvalue weighted by Gasteiger charge is 2.36. The smallest absolute Gasteiger partial charge is 0.314 e. The van der Waals surface area contributed by atoms with Crippen LogP contribution in [-0.4, -0.2) is 38.4 Å². The van der Waals surface area contributed by atoms with Gasteiger partial charge < -0.3 is 5.32 Å². The molecule has 2 rings (SSSR count). The van der Waals surface area contributed by atoms with Crippen molar-refractivity contribution < 1.29 is 21.6 Å². The first-order chi connectivity index (χ1) is 10.2. The van der Waals surface area contributed by atoms with Crippen molar-refractivity contribution in [2.45, 2.75) is 24.0 Å². The van der Waals surface area contributed by atoms with Crippen LogP contribution < -0.4 is 5.32 Å². The monoisotopic (exact) mass is 369 g/mol. The van der Waals surface area contributed by atoms with Gasteiger partial charge >= 0.3 is 6.18 Å².